The van der Waals surface area contributed by atoms with Crippen LogP contribution in [0.15, 0.2) is 134 Å². The first kappa shape index (κ1) is 62.3. The standard InChI is InChI=1S/C59H95NO8/c1-3-5-7-9-10-11-12-13-14-15-16-17-18-19-20-21-22-23-24-25-26-27-28-29-30-31-32-33-34-35-36-37-38-39-40-41-42-43-44-45-47-49-55(63)60-52(53(62)48-46-8-6-4-2)51-67-59-58(66)57(65)56(64)54(50-61)68-59/h5,7,10-11,13-14,16-17,19-20,22-23,25-26,28-29,31-32,34-35,46,48,52-54,56-59,61-62,64-66H,3-4,6,8-9,12,15,18,21,24,27,30,33,36-45,47,49-51H2,1-2H3,(H,60,63)/b7-5-,11-10-,14-13-,17-16-,20-19-,23-22-,26-25-,29-28-,32-31-,35-34-,48-46+. The van der Waals surface area contributed by atoms with Gasteiger partial charge in [0.1, 0.15) is 24.4 Å². The van der Waals surface area contributed by atoms with Crippen LogP contribution in [0, 0.1) is 0 Å². The number of aliphatic hydroxyl groups is 5. The van der Waals surface area contributed by atoms with E-state index in [2.05, 4.69) is 141 Å². The van der Waals surface area contributed by atoms with Gasteiger partial charge in [0, 0.05) is 6.42 Å². The van der Waals surface area contributed by atoms with E-state index in [1.54, 1.807) is 6.08 Å². The van der Waals surface area contributed by atoms with Crippen molar-refractivity contribution >= 4 is 5.91 Å². The van der Waals surface area contributed by atoms with Crippen LogP contribution in [0.1, 0.15) is 174 Å². The number of unbranched alkanes of at least 4 members (excludes halogenated alkanes) is 12. The molecule has 7 atom stereocenters. The van der Waals surface area contributed by atoms with E-state index in [4.69, 9.17) is 9.47 Å². The summed E-state index contributed by atoms with van der Waals surface area (Å²) < 4.78 is 11.1. The molecule has 0 aromatic carbocycles. The Kier molecular flexibility index (Phi) is 43.1. The van der Waals surface area contributed by atoms with Crippen molar-refractivity contribution in [2.75, 3.05) is 13.2 Å². The highest BCUT2D eigenvalue weighted by Gasteiger charge is 2.44. The van der Waals surface area contributed by atoms with Gasteiger partial charge < -0.3 is 40.3 Å². The third-order valence-corrected chi connectivity index (χ3v) is 11.5. The summed E-state index contributed by atoms with van der Waals surface area (Å²) in [6.45, 7) is 3.47. The van der Waals surface area contributed by atoms with Gasteiger partial charge in [-0.15, -0.1) is 0 Å². The van der Waals surface area contributed by atoms with Crippen LogP contribution in [0.4, 0.5) is 0 Å². The lowest BCUT2D eigenvalue weighted by Crippen LogP contribution is -2.60. The Bertz CT molecular complexity index is 1520. The molecule has 0 spiro atoms. The van der Waals surface area contributed by atoms with Crippen molar-refractivity contribution in [1.82, 2.24) is 5.32 Å². The number of amides is 1. The summed E-state index contributed by atoms with van der Waals surface area (Å²) in [5, 5.41) is 53.6. The van der Waals surface area contributed by atoms with Gasteiger partial charge in [0.2, 0.25) is 5.91 Å². The third-order valence-electron chi connectivity index (χ3n) is 11.5. The molecule has 9 nitrogen and oxygen atoms in total. The molecule has 1 aliphatic heterocycles. The minimum absolute atomic E-state index is 0.198. The maximum absolute atomic E-state index is 12.8. The topological polar surface area (TPSA) is 149 Å². The molecule has 6 N–H and O–H groups in total. The van der Waals surface area contributed by atoms with Crippen molar-refractivity contribution in [3.63, 3.8) is 0 Å². The van der Waals surface area contributed by atoms with Crippen LogP contribution >= 0.6 is 0 Å². The number of nitrogens with one attached hydrogen (secondary N) is 1. The molecule has 0 radical (unpaired) electrons. The van der Waals surface area contributed by atoms with Crippen molar-refractivity contribution in [1.29, 1.82) is 0 Å². The van der Waals surface area contributed by atoms with Crippen LogP contribution < -0.4 is 5.32 Å². The number of aliphatic hydroxyl groups excluding tert-OH is 5. The van der Waals surface area contributed by atoms with Gasteiger partial charge in [0.25, 0.3) is 0 Å². The fourth-order valence-electron chi connectivity index (χ4n) is 7.29. The Hall–Kier alpha value is -3.67. The van der Waals surface area contributed by atoms with Crippen molar-refractivity contribution in [3.05, 3.63) is 134 Å². The van der Waals surface area contributed by atoms with Gasteiger partial charge in [-0.25, -0.2) is 0 Å². The molecule has 0 bridgehead atoms. The van der Waals surface area contributed by atoms with Crippen molar-refractivity contribution < 1.29 is 39.8 Å². The number of carbonyl (C=O) groups is 1. The van der Waals surface area contributed by atoms with E-state index in [1.807, 2.05) is 6.08 Å². The molecule has 1 fully saturated rings. The Labute approximate surface area is 413 Å². The van der Waals surface area contributed by atoms with Gasteiger partial charge in [0.05, 0.1) is 25.4 Å². The van der Waals surface area contributed by atoms with Crippen molar-refractivity contribution in [2.45, 2.75) is 217 Å². The van der Waals surface area contributed by atoms with Gasteiger partial charge in [-0.3, -0.25) is 4.79 Å². The quantitative estimate of drug-likeness (QED) is 0.0262. The second-order valence-corrected chi connectivity index (χ2v) is 17.6. The molecule has 0 saturated carbocycles. The van der Waals surface area contributed by atoms with Crippen LogP contribution in [-0.2, 0) is 14.3 Å². The Morgan fingerprint density at radius 2 is 0.912 bits per heavy atom. The van der Waals surface area contributed by atoms with Crippen LogP contribution in [0.5, 0.6) is 0 Å². The molecule has 68 heavy (non-hydrogen) atoms. The lowest BCUT2D eigenvalue weighted by atomic mass is 9.99. The second kappa shape index (κ2) is 47.0. The monoisotopic (exact) mass is 946 g/mol. The van der Waals surface area contributed by atoms with E-state index in [0.717, 1.165) is 116 Å². The first-order valence-electron chi connectivity index (χ1n) is 26.4. The lowest BCUT2D eigenvalue weighted by Gasteiger charge is -2.40. The van der Waals surface area contributed by atoms with Gasteiger partial charge >= 0.3 is 0 Å². The van der Waals surface area contributed by atoms with Gasteiger partial charge in [-0.2, -0.15) is 0 Å². The largest absolute Gasteiger partial charge is 0.394 e. The summed E-state index contributed by atoms with van der Waals surface area (Å²) in [5.41, 5.74) is 0. The first-order chi connectivity index (χ1) is 33.3. The van der Waals surface area contributed by atoms with E-state index in [9.17, 15) is 30.3 Å². The molecular weight excluding hydrogens is 851 g/mol. The lowest BCUT2D eigenvalue weighted by molar-refractivity contribution is -0.302. The molecular formula is C59H95NO8. The van der Waals surface area contributed by atoms with Gasteiger partial charge in [0.15, 0.2) is 6.29 Å². The Morgan fingerprint density at radius 3 is 1.34 bits per heavy atom. The third kappa shape index (κ3) is 36.3. The zero-order chi connectivity index (χ0) is 49.4. The minimum atomic E-state index is -1.57. The van der Waals surface area contributed by atoms with Gasteiger partial charge in [-0.1, -0.05) is 212 Å². The zero-order valence-corrected chi connectivity index (χ0v) is 42.3. The molecule has 1 saturated heterocycles. The Morgan fingerprint density at radius 1 is 0.515 bits per heavy atom. The van der Waals surface area contributed by atoms with Crippen LogP contribution in [0.3, 0.4) is 0 Å². The summed E-state index contributed by atoms with van der Waals surface area (Å²) in [7, 11) is 0. The molecule has 1 rings (SSSR count). The molecule has 0 aliphatic carbocycles. The number of hydrogen-bond donors (Lipinski definition) is 6. The molecule has 0 aromatic rings. The predicted octanol–water partition coefficient (Wildman–Crippen LogP) is 12.6. The maximum atomic E-state index is 12.8. The van der Waals surface area contributed by atoms with E-state index in [0.29, 0.717) is 6.42 Å². The Balaban J connectivity index is 2.03. The average Bonchev–Trinajstić information content (AvgIpc) is 3.34. The number of ether oxygens (including phenoxy) is 2. The van der Waals surface area contributed by atoms with E-state index in [-0.39, 0.29) is 12.5 Å². The summed E-state index contributed by atoms with van der Waals surface area (Å²) >= 11 is 0. The fraction of sp³-hybridized carbons (Fsp3) is 0.610. The first-order valence-corrected chi connectivity index (χ1v) is 26.4. The highest BCUT2D eigenvalue weighted by atomic mass is 16.7. The van der Waals surface area contributed by atoms with E-state index >= 15 is 0 Å². The molecule has 9 heteroatoms. The highest BCUT2D eigenvalue weighted by molar-refractivity contribution is 5.76. The summed E-state index contributed by atoms with van der Waals surface area (Å²) in [6, 6.07) is -0.811. The highest BCUT2D eigenvalue weighted by Crippen LogP contribution is 2.22. The number of hydrogen-bond acceptors (Lipinski definition) is 8. The molecule has 0 aromatic heterocycles. The maximum Gasteiger partial charge on any atom is 0.220 e. The molecule has 384 valence electrons. The summed E-state index contributed by atoms with van der Waals surface area (Å²) in [5.74, 6) is -0.198. The molecule has 1 aliphatic rings. The normalized spacial score (nSPS) is 20.7. The van der Waals surface area contributed by atoms with Crippen molar-refractivity contribution in [3.8, 4) is 0 Å². The van der Waals surface area contributed by atoms with E-state index in [1.165, 1.54) is 38.5 Å². The summed E-state index contributed by atoms with van der Waals surface area (Å²) in [6.07, 6.45) is 66.0. The molecule has 7 unspecified atom stereocenters. The van der Waals surface area contributed by atoms with Crippen LogP contribution in [0.25, 0.3) is 0 Å². The summed E-state index contributed by atoms with van der Waals surface area (Å²) in [4.78, 5) is 12.8. The van der Waals surface area contributed by atoms with E-state index < -0.39 is 49.5 Å². The predicted molar refractivity (Wildman–Crippen MR) is 285 cm³/mol. The SMILES string of the molecule is CC/C=C\C/C=C\C/C=C\C/C=C\C/C=C\C/C=C\C/C=C\C/C=C\C/C=C\C/C=C\CCCCCCCCCCCCC(=O)NC(COC1OC(CO)C(O)C(O)C1O)C(O)/C=C/CCCC. The average molecular weight is 946 g/mol. The fourth-order valence-corrected chi connectivity index (χ4v) is 7.29. The molecule has 1 amide bonds. The van der Waals surface area contributed by atoms with Crippen molar-refractivity contribution in [2.24, 2.45) is 0 Å². The smallest absolute Gasteiger partial charge is 0.220 e. The van der Waals surface area contributed by atoms with Crippen LogP contribution in [0.2, 0.25) is 0 Å². The van der Waals surface area contributed by atoms with Crippen LogP contribution in [-0.4, -0.2) is 87.5 Å². The van der Waals surface area contributed by atoms with Gasteiger partial charge in [-0.05, 0) is 89.9 Å². The minimum Gasteiger partial charge on any atom is -0.394 e. The number of allylic oxidation sites excluding steroid dienone is 21. The zero-order valence-electron chi connectivity index (χ0n) is 42.3. The number of carbonyl (C=O) groups excluding carboxylic acids is 1. The molecule has 1 heterocycles. The number of rotatable bonds is 42. The second-order valence-electron chi connectivity index (χ2n) is 17.6.